The molecule has 26 heavy (non-hydrogen) atoms. The molecule has 3 aromatic rings. The third kappa shape index (κ3) is 3.97. The average Bonchev–Trinajstić information content (AvgIpc) is 3.48. The summed E-state index contributed by atoms with van der Waals surface area (Å²) >= 11 is 0. The highest BCUT2D eigenvalue weighted by Gasteiger charge is 2.24. The van der Waals surface area contributed by atoms with Crippen molar-refractivity contribution in [1.29, 1.82) is 0 Å². The third-order valence-corrected chi connectivity index (χ3v) is 3.93. The van der Waals surface area contributed by atoms with Crippen LogP contribution in [-0.2, 0) is 0 Å². The van der Waals surface area contributed by atoms with Crippen LogP contribution in [0.1, 0.15) is 23.3 Å². The van der Waals surface area contributed by atoms with Gasteiger partial charge in [0.15, 0.2) is 5.75 Å². The van der Waals surface area contributed by atoms with Gasteiger partial charge in [-0.05, 0) is 37.1 Å². The fourth-order valence-corrected chi connectivity index (χ4v) is 2.45. The fraction of sp³-hybridized carbons (Fsp3) is 0.150. The standard InChI is InChI=1S/C20H18N4O2/c25-20(23-14-10-11-14)17-12-19(22-13-21-17)24-16-8-4-5-9-18(16)26-15-6-2-1-3-7-15/h1-9,12-14H,10-11H2,(H,23,25)(H,21,22,24). The minimum Gasteiger partial charge on any atom is -0.455 e. The Kier molecular flexibility index (Phi) is 4.47. The van der Waals surface area contributed by atoms with Gasteiger partial charge in [-0.3, -0.25) is 4.79 Å². The van der Waals surface area contributed by atoms with E-state index in [0.717, 1.165) is 24.3 Å². The Balaban J connectivity index is 1.53. The van der Waals surface area contributed by atoms with Crippen LogP contribution in [-0.4, -0.2) is 21.9 Å². The summed E-state index contributed by atoms with van der Waals surface area (Å²) in [6.07, 6.45) is 3.45. The van der Waals surface area contributed by atoms with E-state index in [-0.39, 0.29) is 11.9 Å². The van der Waals surface area contributed by atoms with Crippen molar-refractivity contribution in [3.8, 4) is 11.5 Å². The summed E-state index contributed by atoms with van der Waals surface area (Å²) in [6.45, 7) is 0. The molecule has 1 aliphatic carbocycles. The van der Waals surface area contributed by atoms with Gasteiger partial charge in [0.05, 0.1) is 5.69 Å². The van der Waals surface area contributed by atoms with E-state index in [1.807, 2.05) is 54.6 Å². The molecule has 1 fully saturated rings. The predicted octanol–water partition coefficient (Wildman–Crippen LogP) is 3.90. The predicted molar refractivity (Wildman–Crippen MR) is 98.8 cm³/mol. The highest BCUT2D eigenvalue weighted by atomic mass is 16.5. The van der Waals surface area contributed by atoms with Crippen molar-refractivity contribution in [2.24, 2.45) is 0 Å². The van der Waals surface area contributed by atoms with E-state index < -0.39 is 0 Å². The zero-order valence-corrected chi connectivity index (χ0v) is 14.1. The van der Waals surface area contributed by atoms with E-state index in [1.54, 1.807) is 6.07 Å². The highest BCUT2D eigenvalue weighted by Crippen LogP contribution is 2.31. The van der Waals surface area contributed by atoms with Gasteiger partial charge in [-0.15, -0.1) is 0 Å². The van der Waals surface area contributed by atoms with Gasteiger partial charge in [0, 0.05) is 12.1 Å². The molecule has 2 aromatic carbocycles. The van der Waals surface area contributed by atoms with Crippen LogP contribution in [0.3, 0.4) is 0 Å². The zero-order valence-electron chi connectivity index (χ0n) is 14.1. The van der Waals surface area contributed by atoms with Gasteiger partial charge in [-0.2, -0.15) is 0 Å². The Hall–Kier alpha value is -3.41. The van der Waals surface area contributed by atoms with Crippen molar-refractivity contribution in [3.63, 3.8) is 0 Å². The summed E-state index contributed by atoms with van der Waals surface area (Å²) in [7, 11) is 0. The van der Waals surface area contributed by atoms with Crippen LogP contribution in [0.15, 0.2) is 67.0 Å². The average molecular weight is 346 g/mol. The lowest BCUT2D eigenvalue weighted by atomic mass is 10.2. The quantitative estimate of drug-likeness (QED) is 0.708. The van der Waals surface area contributed by atoms with Crippen molar-refractivity contribution in [2.45, 2.75) is 18.9 Å². The van der Waals surface area contributed by atoms with Crippen LogP contribution >= 0.6 is 0 Å². The second kappa shape index (κ2) is 7.23. The van der Waals surface area contributed by atoms with E-state index in [2.05, 4.69) is 20.6 Å². The summed E-state index contributed by atoms with van der Waals surface area (Å²) in [5.41, 5.74) is 1.10. The molecule has 0 radical (unpaired) electrons. The number of aromatic nitrogens is 2. The molecule has 1 amide bonds. The molecule has 130 valence electrons. The lowest BCUT2D eigenvalue weighted by molar-refractivity contribution is 0.0946. The maximum absolute atomic E-state index is 12.2. The van der Waals surface area contributed by atoms with Crippen molar-refractivity contribution < 1.29 is 9.53 Å². The normalized spacial score (nSPS) is 13.1. The van der Waals surface area contributed by atoms with Gasteiger partial charge in [0.1, 0.15) is 23.6 Å². The van der Waals surface area contributed by atoms with Gasteiger partial charge >= 0.3 is 0 Å². The number of amides is 1. The lowest BCUT2D eigenvalue weighted by Crippen LogP contribution is -2.26. The summed E-state index contributed by atoms with van der Waals surface area (Å²) in [5.74, 6) is 1.77. The number of para-hydroxylation sites is 3. The Morgan fingerprint density at radius 3 is 2.58 bits per heavy atom. The first-order valence-electron chi connectivity index (χ1n) is 8.50. The molecule has 6 nitrogen and oxygen atoms in total. The molecule has 6 heteroatoms. The van der Waals surface area contributed by atoms with Gasteiger partial charge in [0.2, 0.25) is 0 Å². The molecular weight excluding hydrogens is 328 g/mol. The summed E-state index contributed by atoms with van der Waals surface area (Å²) in [5, 5.41) is 6.12. The van der Waals surface area contributed by atoms with Gasteiger partial charge < -0.3 is 15.4 Å². The van der Waals surface area contributed by atoms with Gasteiger partial charge in [-0.25, -0.2) is 9.97 Å². The highest BCUT2D eigenvalue weighted by molar-refractivity contribution is 5.93. The van der Waals surface area contributed by atoms with Gasteiger partial charge in [-0.1, -0.05) is 30.3 Å². The molecule has 1 heterocycles. The SMILES string of the molecule is O=C(NC1CC1)c1cc(Nc2ccccc2Oc2ccccc2)ncn1. The van der Waals surface area contributed by atoms with Crippen LogP contribution in [0.25, 0.3) is 0 Å². The number of anilines is 2. The summed E-state index contributed by atoms with van der Waals surface area (Å²) < 4.78 is 5.94. The van der Waals surface area contributed by atoms with E-state index >= 15 is 0 Å². The van der Waals surface area contributed by atoms with E-state index in [4.69, 9.17) is 4.74 Å². The monoisotopic (exact) mass is 346 g/mol. The van der Waals surface area contributed by atoms with E-state index in [1.165, 1.54) is 6.33 Å². The first-order valence-corrected chi connectivity index (χ1v) is 8.50. The van der Waals surface area contributed by atoms with Crippen LogP contribution in [0.2, 0.25) is 0 Å². The molecule has 0 atom stereocenters. The third-order valence-electron chi connectivity index (χ3n) is 3.93. The maximum Gasteiger partial charge on any atom is 0.270 e. The Labute approximate surface area is 151 Å². The first kappa shape index (κ1) is 16.1. The largest absolute Gasteiger partial charge is 0.455 e. The molecule has 0 unspecified atom stereocenters. The van der Waals surface area contributed by atoms with E-state index in [9.17, 15) is 4.79 Å². The molecular formula is C20H18N4O2. The van der Waals surface area contributed by atoms with Gasteiger partial charge in [0.25, 0.3) is 5.91 Å². The number of nitrogens with one attached hydrogen (secondary N) is 2. The second-order valence-electron chi connectivity index (χ2n) is 6.07. The molecule has 2 N–H and O–H groups in total. The summed E-state index contributed by atoms with van der Waals surface area (Å²) in [4.78, 5) is 20.4. The zero-order chi connectivity index (χ0) is 17.8. The van der Waals surface area contributed by atoms with Crippen LogP contribution in [0.4, 0.5) is 11.5 Å². The Bertz CT molecular complexity index is 910. The number of carbonyl (C=O) groups excluding carboxylic acids is 1. The first-order chi connectivity index (χ1) is 12.8. The molecule has 1 aromatic heterocycles. The second-order valence-corrected chi connectivity index (χ2v) is 6.07. The molecule has 0 aliphatic heterocycles. The number of hydrogen-bond acceptors (Lipinski definition) is 5. The molecule has 0 bridgehead atoms. The van der Waals surface area contributed by atoms with Crippen molar-refractivity contribution in [1.82, 2.24) is 15.3 Å². The number of benzene rings is 2. The Morgan fingerprint density at radius 1 is 1.00 bits per heavy atom. The minimum atomic E-state index is -0.174. The maximum atomic E-state index is 12.2. The van der Waals surface area contributed by atoms with Crippen molar-refractivity contribution in [3.05, 3.63) is 72.7 Å². The van der Waals surface area contributed by atoms with Crippen LogP contribution in [0.5, 0.6) is 11.5 Å². The van der Waals surface area contributed by atoms with E-state index in [0.29, 0.717) is 17.3 Å². The molecule has 1 aliphatic rings. The number of carbonyl (C=O) groups is 1. The lowest BCUT2D eigenvalue weighted by Gasteiger charge is -2.13. The number of hydrogen-bond donors (Lipinski definition) is 2. The van der Waals surface area contributed by atoms with Crippen LogP contribution < -0.4 is 15.4 Å². The summed E-state index contributed by atoms with van der Waals surface area (Å²) in [6, 6.07) is 19.0. The molecule has 1 saturated carbocycles. The number of rotatable bonds is 6. The molecule has 0 saturated heterocycles. The molecule has 0 spiro atoms. The smallest absolute Gasteiger partial charge is 0.270 e. The van der Waals surface area contributed by atoms with Crippen molar-refractivity contribution in [2.75, 3.05) is 5.32 Å². The minimum absolute atomic E-state index is 0.174. The van der Waals surface area contributed by atoms with Crippen LogP contribution in [0, 0.1) is 0 Å². The molecule has 4 rings (SSSR count). The Morgan fingerprint density at radius 2 is 1.77 bits per heavy atom. The number of nitrogens with zero attached hydrogens (tertiary/aromatic N) is 2. The van der Waals surface area contributed by atoms with Crippen molar-refractivity contribution >= 4 is 17.4 Å². The fourth-order valence-electron chi connectivity index (χ4n) is 2.45. The number of ether oxygens (including phenoxy) is 1. The topological polar surface area (TPSA) is 76.1 Å².